The monoisotopic (exact) mass is 475 g/mol. The normalized spacial score (nSPS) is 26.1. The Hall–Kier alpha value is -4.11. The third-order valence-corrected chi connectivity index (χ3v) is 7.47. The zero-order chi connectivity index (χ0) is 23.9. The molecule has 168 valence electrons. The van der Waals surface area contributed by atoms with E-state index in [4.69, 9.17) is 11.6 Å². The Morgan fingerprint density at radius 3 is 2.00 bits per heavy atom. The highest BCUT2D eigenvalue weighted by atomic mass is 35.5. The number of carbonyl (C=O) groups excluding carboxylic acids is 2. The Morgan fingerprint density at radius 1 is 0.853 bits per heavy atom. The molecule has 0 spiro atoms. The summed E-state index contributed by atoms with van der Waals surface area (Å²) in [6.07, 6.45) is 0. The Kier molecular flexibility index (Phi) is 4.04. The second-order valence-corrected chi connectivity index (χ2v) is 9.02. The van der Waals surface area contributed by atoms with Crippen LogP contribution < -0.4 is 4.90 Å². The summed E-state index contributed by atoms with van der Waals surface area (Å²) in [6, 6.07) is 17.2. The minimum atomic E-state index is -1.99. The molecule has 10 heteroatoms. The van der Waals surface area contributed by atoms with E-state index in [0.717, 1.165) is 11.0 Å². The van der Waals surface area contributed by atoms with Gasteiger partial charge in [-0.3, -0.25) is 29.8 Å². The number of imide groups is 1. The predicted molar refractivity (Wildman–Crippen MR) is 120 cm³/mol. The number of halogens is 1. The van der Waals surface area contributed by atoms with Crippen molar-refractivity contribution in [1.82, 2.24) is 0 Å². The lowest BCUT2D eigenvalue weighted by Gasteiger charge is -2.48. The maximum atomic E-state index is 13.9. The third-order valence-electron chi connectivity index (χ3n) is 7.24. The summed E-state index contributed by atoms with van der Waals surface area (Å²) in [6.45, 7) is 0. The van der Waals surface area contributed by atoms with Crippen LogP contribution in [0.1, 0.15) is 28.2 Å². The molecule has 0 unspecified atom stereocenters. The van der Waals surface area contributed by atoms with Crippen LogP contribution in [0.2, 0.25) is 5.02 Å². The average molecular weight is 476 g/mol. The van der Waals surface area contributed by atoms with Crippen LogP contribution in [0.4, 0.5) is 11.4 Å². The van der Waals surface area contributed by atoms with Gasteiger partial charge in [0.1, 0.15) is 11.6 Å². The van der Waals surface area contributed by atoms with Crippen molar-refractivity contribution in [1.29, 1.82) is 0 Å². The van der Waals surface area contributed by atoms with Crippen LogP contribution >= 0.6 is 11.6 Å². The summed E-state index contributed by atoms with van der Waals surface area (Å²) in [5.74, 6) is -4.53. The summed E-state index contributed by atoms with van der Waals surface area (Å²) in [7, 11) is 0. The number of rotatable bonds is 3. The van der Waals surface area contributed by atoms with E-state index < -0.39 is 50.6 Å². The first-order valence-electron chi connectivity index (χ1n) is 10.4. The standard InChI is InChI=1S/C24H14ClN3O6/c25-12-9-10-17(18(11-12)27(31)32)26-22(29)20-19-13-5-1-3-7-15(13)24(28(33)34,21(20)23(26)30)16-8-4-2-6-14(16)19/h1-11,19-21H/t19?,20-,21-,24?/m1/s1. The van der Waals surface area contributed by atoms with Gasteiger partial charge >= 0.3 is 0 Å². The summed E-state index contributed by atoms with van der Waals surface area (Å²) >= 11 is 5.92. The molecule has 0 saturated carbocycles. The Morgan fingerprint density at radius 2 is 1.44 bits per heavy atom. The van der Waals surface area contributed by atoms with Gasteiger partial charge in [0.2, 0.25) is 11.8 Å². The zero-order valence-corrected chi connectivity index (χ0v) is 18.0. The molecule has 3 aliphatic carbocycles. The number of carbonyl (C=O) groups is 2. The van der Waals surface area contributed by atoms with E-state index in [9.17, 15) is 29.8 Å². The number of benzene rings is 3. The highest BCUT2D eigenvalue weighted by Crippen LogP contribution is 2.64. The molecule has 34 heavy (non-hydrogen) atoms. The molecule has 3 aromatic rings. The Balaban J connectivity index is 1.66. The fourth-order valence-electron chi connectivity index (χ4n) is 6.11. The van der Waals surface area contributed by atoms with E-state index in [1.54, 1.807) is 48.5 Å². The van der Waals surface area contributed by atoms with Crippen LogP contribution in [0.5, 0.6) is 0 Å². The molecule has 2 atom stereocenters. The second-order valence-electron chi connectivity index (χ2n) is 8.58. The first-order valence-corrected chi connectivity index (χ1v) is 10.8. The number of hydrogen-bond donors (Lipinski definition) is 0. The van der Waals surface area contributed by atoms with Crippen molar-refractivity contribution < 1.29 is 19.4 Å². The molecule has 0 radical (unpaired) electrons. The lowest BCUT2D eigenvalue weighted by Crippen LogP contribution is -2.57. The fraction of sp³-hybridized carbons (Fsp3) is 0.167. The van der Waals surface area contributed by atoms with Crippen LogP contribution in [-0.4, -0.2) is 21.7 Å². The molecule has 1 saturated heterocycles. The first kappa shape index (κ1) is 20.5. The van der Waals surface area contributed by atoms with Crippen LogP contribution in [-0.2, 0) is 15.1 Å². The van der Waals surface area contributed by atoms with Gasteiger partial charge < -0.3 is 0 Å². The molecule has 2 amide bonds. The van der Waals surface area contributed by atoms with Gasteiger partial charge in [-0.2, -0.15) is 0 Å². The number of anilines is 1. The third kappa shape index (κ3) is 2.24. The molecule has 1 aliphatic heterocycles. The van der Waals surface area contributed by atoms with E-state index in [1.165, 1.54) is 12.1 Å². The largest absolute Gasteiger partial charge is 0.294 e. The van der Waals surface area contributed by atoms with E-state index in [0.29, 0.717) is 22.3 Å². The average Bonchev–Trinajstić information content (AvgIpc) is 3.09. The SMILES string of the molecule is O=C1[C@@H]2C3c4ccccc4C([N+](=O)[O-])(c4ccccc43)[C@H]2C(=O)N1c1ccc(Cl)cc1[N+](=O)[O-]. The van der Waals surface area contributed by atoms with Gasteiger partial charge in [0.25, 0.3) is 11.2 Å². The van der Waals surface area contributed by atoms with E-state index in [-0.39, 0.29) is 10.7 Å². The van der Waals surface area contributed by atoms with E-state index in [1.807, 2.05) is 0 Å². The molecule has 0 N–H and O–H groups in total. The quantitative estimate of drug-likeness (QED) is 0.320. The second kappa shape index (κ2) is 6.71. The molecule has 2 bridgehead atoms. The van der Waals surface area contributed by atoms with E-state index >= 15 is 0 Å². The van der Waals surface area contributed by atoms with Crippen molar-refractivity contribution in [3.63, 3.8) is 0 Å². The Labute approximate surface area is 196 Å². The number of amides is 2. The molecule has 9 nitrogen and oxygen atoms in total. The summed E-state index contributed by atoms with van der Waals surface area (Å²) in [4.78, 5) is 51.8. The van der Waals surface area contributed by atoms with Crippen LogP contribution in [0.25, 0.3) is 0 Å². The number of nitrogens with zero attached hydrogens (tertiary/aromatic N) is 3. The van der Waals surface area contributed by atoms with Crippen LogP contribution in [0.15, 0.2) is 66.7 Å². The summed E-state index contributed by atoms with van der Waals surface area (Å²) < 4.78 is 0. The van der Waals surface area contributed by atoms with Crippen molar-refractivity contribution in [2.24, 2.45) is 11.8 Å². The highest BCUT2D eigenvalue weighted by Gasteiger charge is 2.75. The highest BCUT2D eigenvalue weighted by molar-refractivity contribution is 6.31. The van der Waals surface area contributed by atoms with Crippen molar-refractivity contribution >= 4 is 34.8 Å². The van der Waals surface area contributed by atoms with Gasteiger partial charge in [0.15, 0.2) is 0 Å². The molecule has 0 aromatic heterocycles. The van der Waals surface area contributed by atoms with Crippen molar-refractivity contribution in [2.75, 3.05) is 4.90 Å². The molecule has 3 aromatic carbocycles. The predicted octanol–water partition coefficient (Wildman–Crippen LogP) is 4.03. The fourth-order valence-corrected chi connectivity index (χ4v) is 6.28. The minimum Gasteiger partial charge on any atom is -0.274 e. The molecule has 1 heterocycles. The van der Waals surface area contributed by atoms with Gasteiger partial charge in [-0.05, 0) is 23.3 Å². The Bertz CT molecular complexity index is 1420. The van der Waals surface area contributed by atoms with E-state index in [2.05, 4.69) is 0 Å². The number of hydrogen-bond acceptors (Lipinski definition) is 6. The molecule has 4 aliphatic rings. The van der Waals surface area contributed by atoms with Crippen molar-refractivity contribution in [2.45, 2.75) is 11.5 Å². The van der Waals surface area contributed by atoms with Gasteiger partial charge in [-0.1, -0.05) is 60.1 Å². The van der Waals surface area contributed by atoms with Gasteiger partial charge in [0.05, 0.1) is 10.8 Å². The van der Waals surface area contributed by atoms with Crippen molar-refractivity contribution in [3.8, 4) is 0 Å². The first-order chi connectivity index (χ1) is 16.3. The molecule has 7 rings (SSSR count). The molecule has 1 fully saturated rings. The lowest BCUT2D eigenvalue weighted by molar-refractivity contribution is -0.578. The van der Waals surface area contributed by atoms with Crippen LogP contribution in [0, 0.1) is 32.1 Å². The lowest BCUT2D eigenvalue weighted by atomic mass is 9.51. The number of nitro groups is 2. The maximum Gasteiger partial charge on any atom is 0.294 e. The summed E-state index contributed by atoms with van der Waals surface area (Å²) in [5.41, 5.74) is -0.775. The minimum absolute atomic E-state index is 0.0635. The number of nitro benzene ring substituents is 1. The van der Waals surface area contributed by atoms with Gasteiger partial charge in [-0.15, -0.1) is 0 Å². The smallest absolute Gasteiger partial charge is 0.274 e. The van der Waals surface area contributed by atoms with Crippen molar-refractivity contribution in [3.05, 3.63) is 114 Å². The van der Waals surface area contributed by atoms with Crippen LogP contribution in [0.3, 0.4) is 0 Å². The van der Waals surface area contributed by atoms with Gasteiger partial charge in [0, 0.05) is 33.1 Å². The van der Waals surface area contributed by atoms with Gasteiger partial charge in [-0.25, -0.2) is 4.90 Å². The zero-order valence-electron chi connectivity index (χ0n) is 17.3. The molecular weight excluding hydrogens is 462 g/mol. The topological polar surface area (TPSA) is 124 Å². The summed E-state index contributed by atoms with van der Waals surface area (Å²) in [5, 5.41) is 24.7. The maximum absolute atomic E-state index is 13.9. The molecular formula is C24H14ClN3O6.